The fourth-order valence-electron chi connectivity index (χ4n) is 3.11. The van der Waals surface area contributed by atoms with Crippen molar-refractivity contribution in [2.24, 2.45) is 0 Å². The van der Waals surface area contributed by atoms with E-state index >= 15 is 0 Å². The summed E-state index contributed by atoms with van der Waals surface area (Å²) >= 11 is 1.26. The number of hydrogen-bond acceptors (Lipinski definition) is 6. The second kappa shape index (κ2) is 8.66. The molecule has 1 saturated carbocycles. The Morgan fingerprint density at radius 1 is 1.13 bits per heavy atom. The number of thioether (sulfide) groups is 1. The van der Waals surface area contributed by atoms with Crippen LogP contribution >= 0.6 is 11.8 Å². The first-order valence-electron chi connectivity index (χ1n) is 9.70. The van der Waals surface area contributed by atoms with Crippen LogP contribution in [0.2, 0.25) is 0 Å². The van der Waals surface area contributed by atoms with E-state index in [4.69, 9.17) is 0 Å². The average Bonchev–Trinajstić information content (AvgIpc) is 3.42. The SMILES string of the molecule is Cc1cccc(C)c1-n1nnnc1SCC(=O)Nc1cccc(C(=O)NC2CC2)c1. The molecule has 8 nitrogen and oxygen atoms in total. The van der Waals surface area contributed by atoms with E-state index in [1.807, 2.05) is 32.0 Å². The number of aryl methyl sites for hydroxylation is 2. The van der Waals surface area contributed by atoms with E-state index in [1.54, 1.807) is 28.9 Å². The van der Waals surface area contributed by atoms with Crippen LogP contribution in [0.3, 0.4) is 0 Å². The summed E-state index contributed by atoms with van der Waals surface area (Å²) in [7, 11) is 0. The Labute approximate surface area is 178 Å². The van der Waals surface area contributed by atoms with Crippen LogP contribution in [0.25, 0.3) is 5.69 Å². The summed E-state index contributed by atoms with van der Waals surface area (Å²) in [5, 5.41) is 18.2. The van der Waals surface area contributed by atoms with Crippen molar-refractivity contribution >= 4 is 29.3 Å². The molecule has 0 unspecified atom stereocenters. The highest BCUT2D eigenvalue weighted by molar-refractivity contribution is 7.99. The van der Waals surface area contributed by atoms with Gasteiger partial charge in [-0.15, -0.1) is 5.10 Å². The van der Waals surface area contributed by atoms with Gasteiger partial charge < -0.3 is 10.6 Å². The van der Waals surface area contributed by atoms with Crippen molar-refractivity contribution in [1.29, 1.82) is 0 Å². The van der Waals surface area contributed by atoms with Crippen LogP contribution in [-0.2, 0) is 4.79 Å². The molecule has 3 aromatic rings. The first kappa shape index (κ1) is 20.1. The molecule has 4 rings (SSSR count). The van der Waals surface area contributed by atoms with Gasteiger partial charge in [0.05, 0.1) is 11.4 Å². The van der Waals surface area contributed by atoms with E-state index in [0.717, 1.165) is 29.7 Å². The Hall–Kier alpha value is -3.20. The van der Waals surface area contributed by atoms with Gasteiger partial charge in [0.2, 0.25) is 11.1 Å². The Morgan fingerprint density at radius 2 is 1.87 bits per heavy atom. The van der Waals surface area contributed by atoms with Crippen molar-refractivity contribution in [3.8, 4) is 5.69 Å². The number of tetrazole rings is 1. The first-order chi connectivity index (χ1) is 14.5. The maximum atomic E-state index is 12.4. The van der Waals surface area contributed by atoms with Gasteiger partial charge >= 0.3 is 0 Å². The smallest absolute Gasteiger partial charge is 0.251 e. The number of hydrogen-bond donors (Lipinski definition) is 2. The summed E-state index contributed by atoms with van der Waals surface area (Å²) in [6, 6.07) is 13.2. The molecule has 9 heteroatoms. The summed E-state index contributed by atoms with van der Waals surface area (Å²) in [5.74, 6) is -0.171. The number of amides is 2. The highest BCUT2D eigenvalue weighted by Crippen LogP contribution is 2.24. The van der Waals surface area contributed by atoms with Crippen LogP contribution in [0.15, 0.2) is 47.6 Å². The fraction of sp³-hybridized carbons (Fsp3) is 0.286. The van der Waals surface area contributed by atoms with E-state index < -0.39 is 0 Å². The molecule has 0 radical (unpaired) electrons. The number of para-hydroxylation sites is 1. The molecule has 0 aliphatic heterocycles. The number of nitrogens with zero attached hydrogens (tertiary/aromatic N) is 4. The number of carbonyl (C=O) groups is 2. The molecule has 0 spiro atoms. The van der Waals surface area contributed by atoms with Crippen molar-refractivity contribution in [2.45, 2.75) is 37.9 Å². The lowest BCUT2D eigenvalue weighted by Gasteiger charge is -2.11. The van der Waals surface area contributed by atoms with E-state index in [0.29, 0.717) is 16.4 Å². The molecule has 0 saturated heterocycles. The predicted molar refractivity (Wildman–Crippen MR) is 115 cm³/mol. The molecular formula is C21H22N6O2S. The zero-order valence-electron chi connectivity index (χ0n) is 16.8. The molecule has 2 N–H and O–H groups in total. The monoisotopic (exact) mass is 422 g/mol. The molecule has 30 heavy (non-hydrogen) atoms. The van der Waals surface area contributed by atoms with Crippen molar-refractivity contribution in [3.05, 3.63) is 59.2 Å². The molecule has 1 aliphatic carbocycles. The fourth-order valence-corrected chi connectivity index (χ4v) is 3.79. The quantitative estimate of drug-likeness (QED) is 0.568. The number of carbonyl (C=O) groups excluding carboxylic acids is 2. The first-order valence-corrected chi connectivity index (χ1v) is 10.7. The van der Waals surface area contributed by atoms with Crippen LogP contribution < -0.4 is 10.6 Å². The second-order valence-corrected chi connectivity index (χ2v) is 8.22. The molecule has 2 aromatic carbocycles. The van der Waals surface area contributed by atoms with Crippen molar-refractivity contribution in [1.82, 2.24) is 25.5 Å². The van der Waals surface area contributed by atoms with Gasteiger partial charge in [-0.1, -0.05) is 36.0 Å². The number of nitrogens with one attached hydrogen (secondary N) is 2. The predicted octanol–water partition coefficient (Wildman–Crippen LogP) is 2.90. The molecule has 0 atom stereocenters. The van der Waals surface area contributed by atoms with Crippen molar-refractivity contribution < 1.29 is 9.59 Å². The van der Waals surface area contributed by atoms with E-state index in [9.17, 15) is 9.59 Å². The second-order valence-electron chi connectivity index (χ2n) is 7.28. The van der Waals surface area contributed by atoms with Crippen LogP contribution in [0.1, 0.15) is 34.3 Å². The Kier molecular flexibility index (Phi) is 5.80. The third kappa shape index (κ3) is 4.68. The summed E-state index contributed by atoms with van der Waals surface area (Å²) in [6.07, 6.45) is 2.06. The third-order valence-corrected chi connectivity index (χ3v) is 5.66. The molecule has 1 heterocycles. The molecule has 154 valence electrons. The standard InChI is InChI=1S/C21H22N6O2S/c1-13-5-3-6-14(2)19(13)27-21(24-25-26-27)30-12-18(28)22-17-8-4-7-15(11-17)20(29)23-16-9-10-16/h3-8,11,16H,9-10,12H2,1-2H3,(H,22,28)(H,23,29). The van der Waals surface area contributed by atoms with Crippen LogP contribution in [0.5, 0.6) is 0 Å². The minimum atomic E-state index is -0.198. The third-order valence-electron chi connectivity index (χ3n) is 4.75. The van der Waals surface area contributed by atoms with Gasteiger partial charge in [-0.05, 0) is 66.4 Å². The lowest BCUT2D eigenvalue weighted by atomic mass is 10.1. The molecule has 0 bridgehead atoms. The highest BCUT2D eigenvalue weighted by Gasteiger charge is 2.24. The molecular weight excluding hydrogens is 400 g/mol. The molecule has 1 fully saturated rings. The normalized spacial score (nSPS) is 13.1. The van der Waals surface area contributed by atoms with Gasteiger partial charge in [-0.3, -0.25) is 9.59 Å². The number of rotatable bonds is 7. The summed E-state index contributed by atoms with van der Waals surface area (Å²) in [4.78, 5) is 24.6. The summed E-state index contributed by atoms with van der Waals surface area (Å²) in [5.41, 5.74) is 4.13. The lowest BCUT2D eigenvalue weighted by Crippen LogP contribution is -2.25. The van der Waals surface area contributed by atoms with Gasteiger partial charge in [0, 0.05) is 17.3 Å². The Morgan fingerprint density at radius 3 is 2.60 bits per heavy atom. The van der Waals surface area contributed by atoms with E-state index in [2.05, 4.69) is 26.2 Å². The van der Waals surface area contributed by atoms with Crippen LogP contribution in [0.4, 0.5) is 5.69 Å². The van der Waals surface area contributed by atoms with Crippen LogP contribution in [0, 0.1) is 13.8 Å². The minimum Gasteiger partial charge on any atom is -0.349 e. The number of benzene rings is 2. The summed E-state index contributed by atoms with van der Waals surface area (Å²) in [6.45, 7) is 4.00. The highest BCUT2D eigenvalue weighted by atomic mass is 32.2. The van der Waals surface area contributed by atoms with Gasteiger partial charge in [-0.25, -0.2) is 0 Å². The average molecular weight is 423 g/mol. The maximum absolute atomic E-state index is 12.4. The Balaban J connectivity index is 1.39. The number of anilines is 1. The molecule has 2 amide bonds. The largest absolute Gasteiger partial charge is 0.349 e. The summed E-state index contributed by atoms with van der Waals surface area (Å²) < 4.78 is 1.66. The van der Waals surface area contributed by atoms with E-state index in [1.165, 1.54) is 11.8 Å². The lowest BCUT2D eigenvalue weighted by molar-refractivity contribution is -0.113. The van der Waals surface area contributed by atoms with Gasteiger partial charge in [0.25, 0.3) is 5.91 Å². The zero-order chi connectivity index (χ0) is 21.1. The maximum Gasteiger partial charge on any atom is 0.251 e. The zero-order valence-corrected chi connectivity index (χ0v) is 17.6. The molecule has 1 aliphatic rings. The topological polar surface area (TPSA) is 102 Å². The van der Waals surface area contributed by atoms with Crippen LogP contribution in [-0.4, -0.2) is 43.8 Å². The van der Waals surface area contributed by atoms with Crippen molar-refractivity contribution in [2.75, 3.05) is 11.1 Å². The van der Waals surface area contributed by atoms with Gasteiger partial charge in [0.15, 0.2) is 0 Å². The Bertz CT molecular complexity index is 1070. The van der Waals surface area contributed by atoms with Gasteiger partial charge in [0.1, 0.15) is 0 Å². The van der Waals surface area contributed by atoms with E-state index in [-0.39, 0.29) is 23.6 Å². The minimum absolute atomic E-state index is 0.115. The van der Waals surface area contributed by atoms with Crippen molar-refractivity contribution in [3.63, 3.8) is 0 Å². The van der Waals surface area contributed by atoms with Gasteiger partial charge in [-0.2, -0.15) is 4.68 Å². The number of aromatic nitrogens is 4. The molecule has 1 aromatic heterocycles.